The van der Waals surface area contributed by atoms with Gasteiger partial charge >= 0.3 is 0 Å². The average molecular weight is 197 g/mol. The SMILES string of the molecule is CC(C)C1CC2(COCCN2)CC1C. The topological polar surface area (TPSA) is 21.3 Å². The lowest BCUT2D eigenvalue weighted by molar-refractivity contribution is 0.0267. The van der Waals surface area contributed by atoms with Crippen LogP contribution in [0.1, 0.15) is 33.6 Å². The summed E-state index contributed by atoms with van der Waals surface area (Å²) in [4.78, 5) is 0. The van der Waals surface area contributed by atoms with E-state index in [4.69, 9.17) is 4.74 Å². The molecule has 14 heavy (non-hydrogen) atoms. The van der Waals surface area contributed by atoms with Crippen LogP contribution in [-0.2, 0) is 4.74 Å². The maximum absolute atomic E-state index is 5.62. The maximum Gasteiger partial charge on any atom is 0.0649 e. The van der Waals surface area contributed by atoms with Crippen molar-refractivity contribution in [1.29, 1.82) is 0 Å². The summed E-state index contributed by atoms with van der Waals surface area (Å²) in [6.07, 6.45) is 2.61. The van der Waals surface area contributed by atoms with Gasteiger partial charge < -0.3 is 10.1 Å². The Bertz CT molecular complexity index is 196. The van der Waals surface area contributed by atoms with Gasteiger partial charge in [-0.1, -0.05) is 20.8 Å². The van der Waals surface area contributed by atoms with E-state index in [1.165, 1.54) is 12.8 Å². The highest BCUT2D eigenvalue weighted by atomic mass is 16.5. The minimum atomic E-state index is 0.326. The molecule has 1 spiro atoms. The Labute approximate surface area is 87.4 Å². The summed E-state index contributed by atoms with van der Waals surface area (Å²) >= 11 is 0. The zero-order chi connectivity index (χ0) is 10.2. The van der Waals surface area contributed by atoms with Crippen molar-refractivity contribution in [2.75, 3.05) is 19.8 Å². The molecule has 2 aliphatic rings. The normalized spacial score (nSPS) is 43.7. The largest absolute Gasteiger partial charge is 0.378 e. The van der Waals surface area contributed by atoms with Crippen molar-refractivity contribution in [2.24, 2.45) is 17.8 Å². The molecule has 2 nitrogen and oxygen atoms in total. The van der Waals surface area contributed by atoms with Crippen LogP contribution in [0.3, 0.4) is 0 Å². The van der Waals surface area contributed by atoms with Crippen molar-refractivity contribution in [1.82, 2.24) is 5.32 Å². The molecule has 3 unspecified atom stereocenters. The minimum Gasteiger partial charge on any atom is -0.378 e. The quantitative estimate of drug-likeness (QED) is 0.694. The van der Waals surface area contributed by atoms with Gasteiger partial charge in [-0.05, 0) is 30.6 Å². The second-order valence-electron chi connectivity index (χ2n) is 5.55. The molecule has 1 N–H and O–H groups in total. The smallest absolute Gasteiger partial charge is 0.0649 e. The zero-order valence-corrected chi connectivity index (χ0v) is 9.68. The number of rotatable bonds is 1. The first kappa shape index (κ1) is 10.4. The Morgan fingerprint density at radius 2 is 2.14 bits per heavy atom. The van der Waals surface area contributed by atoms with Gasteiger partial charge in [0.25, 0.3) is 0 Å². The highest BCUT2D eigenvalue weighted by Crippen LogP contribution is 2.43. The predicted octanol–water partition coefficient (Wildman–Crippen LogP) is 2.05. The number of hydrogen-bond donors (Lipinski definition) is 1. The number of nitrogens with one attached hydrogen (secondary N) is 1. The van der Waals surface area contributed by atoms with Crippen LogP contribution in [0.4, 0.5) is 0 Å². The lowest BCUT2D eigenvalue weighted by Crippen LogP contribution is -2.52. The summed E-state index contributed by atoms with van der Waals surface area (Å²) < 4.78 is 5.62. The standard InChI is InChI=1S/C12H23NO/c1-9(2)11-7-12(6-10(11)3)8-14-5-4-13-12/h9-11,13H,4-8H2,1-3H3. The Kier molecular flexibility index (Phi) is 2.85. The fraction of sp³-hybridized carbons (Fsp3) is 1.00. The van der Waals surface area contributed by atoms with Crippen molar-refractivity contribution in [3.05, 3.63) is 0 Å². The molecular weight excluding hydrogens is 174 g/mol. The van der Waals surface area contributed by atoms with E-state index in [0.717, 1.165) is 37.5 Å². The summed E-state index contributed by atoms with van der Waals surface area (Å²) in [6, 6.07) is 0. The van der Waals surface area contributed by atoms with Crippen molar-refractivity contribution in [3.63, 3.8) is 0 Å². The van der Waals surface area contributed by atoms with Crippen LogP contribution in [-0.4, -0.2) is 25.3 Å². The average Bonchev–Trinajstić information content (AvgIpc) is 2.44. The molecule has 0 aromatic carbocycles. The molecule has 1 saturated heterocycles. The van der Waals surface area contributed by atoms with E-state index in [9.17, 15) is 0 Å². The van der Waals surface area contributed by atoms with Crippen molar-refractivity contribution in [3.8, 4) is 0 Å². The van der Waals surface area contributed by atoms with Gasteiger partial charge in [-0.15, -0.1) is 0 Å². The lowest BCUT2D eigenvalue weighted by atomic mass is 9.87. The molecule has 0 radical (unpaired) electrons. The van der Waals surface area contributed by atoms with Crippen molar-refractivity contribution in [2.45, 2.75) is 39.2 Å². The fourth-order valence-electron chi connectivity index (χ4n) is 3.37. The predicted molar refractivity (Wildman–Crippen MR) is 58.3 cm³/mol. The molecule has 2 heteroatoms. The van der Waals surface area contributed by atoms with E-state index in [2.05, 4.69) is 26.1 Å². The lowest BCUT2D eigenvalue weighted by Gasteiger charge is -2.35. The van der Waals surface area contributed by atoms with Gasteiger partial charge in [0.1, 0.15) is 0 Å². The molecule has 0 bridgehead atoms. The van der Waals surface area contributed by atoms with E-state index < -0.39 is 0 Å². The third-order valence-electron chi connectivity index (χ3n) is 4.05. The molecule has 1 saturated carbocycles. The van der Waals surface area contributed by atoms with E-state index in [1.54, 1.807) is 0 Å². The highest BCUT2D eigenvalue weighted by Gasteiger charge is 2.45. The monoisotopic (exact) mass is 197 g/mol. The van der Waals surface area contributed by atoms with Gasteiger partial charge in [0.2, 0.25) is 0 Å². The first-order chi connectivity index (χ1) is 6.63. The molecule has 1 aliphatic heterocycles. The second kappa shape index (κ2) is 3.82. The van der Waals surface area contributed by atoms with Crippen LogP contribution in [0, 0.1) is 17.8 Å². The van der Waals surface area contributed by atoms with Crippen LogP contribution < -0.4 is 5.32 Å². The van der Waals surface area contributed by atoms with Gasteiger partial charge in [-0.3, -0.25) is 0 Å². The van der Waals surface area contributed by atoms with E-state index in [1.807, 2.05) is 0 Å². The molecule has 3 atom stereocenters. The third kappa shape index (κ3) is 1.82. The van der Waals surface area contributed by atoms with Gasteiger partial charge in [0, 0.05) is 12.1 Å². The van der Waals surface area contributed by atoms with Crippen LogP contribution in [0.2, 0.25) is 0 Å². The minimum absolute atomic E-state index is 0.326. The summed E-state index contributed by atoms with van der Waals surface area (Å²) in [5.74, 6) is 2.54. The van der Waals surface area contributed by atoms with Gasteiger partial charge in [0.05, 0.1) is 13.2 Å². The number of morpholine rings is 1. The molecule has 82 valence electrons. The second-order valence-corrected chi connectivity index (χ2v) is 5.55. The molecule has 0 aromatic heterocycles. The van der Waals surface area contributed by atoms with E-state index in [-0.39, 0.29) is 0 Å². The Morgan fingerprint density at radius 1 is 1.36 bits per heavy atom. The van der Waals surface area contributed by atoms with Crippen molar-refractivity contribution < 1.29 is 4.74 Å². The summed E-state index contributed by atoms with van der Waals surface area (Å²) in [5, 5.41) is 3.68. The molecule has 0 amide bonds. The van der Waals surface area contributed by atoms with Crippen LogP contribution in [0.25, 0.3) is 0 Å². The first-order valence-electron chi connectivity index (χ1n) is 5.96. The summed E-state index contributed by atoms with van der Waals surface area (Å²) in [5.41, 5.74) is 0.326. The molecule has 2 rings (SSSR count). The third-order valence-corrected chi connectivity index (χ3v) is 4.05. The molecule has 2 fully saturated rings. The Hall–Kier alpha value is -0.0800. The molecule has 1 aliphatic carbocycles. The highest BCUT2D eigenvalue weighted by molar-refractivity contribution is 5.01. The molecular formula is C12H23NO. The zero-order valence-electron chi connectivity index (χ0n) is 9.68. The van der Waals surface area contributed by atoms with Crippen LogP contribution in [0.5, 0.6) is 0 Å². The van der Waals surface area contributed by atoms with Gasteiger partial charge in [0.15, 0.2) is 0 Å². The fourth-order valence-corrected chi connectivity index (χ4v) is 3.37. The maximum atomic E-state index is 5.62. The molecule has 1 heterocycles. The van der Waals surface area contributed by atoms with Crippen molar-refractivity contribution >= 4 is 0 Å². The first-order valence-corrected chi connectivity index (χ1v) is 5.96. The summed E-state index contributed by atoms with van der Waals surface area (Å²) in [6.45, 7) is 9.96. The Balaban J connectivity index is 2.03. The Morgan fingerprint density at radius 3 is 2.64 bits per heavy atom. The van der Waals surface area contributed by atoms with Gasteiger partial charge in [-0.2, -0.15) is 0 Å². The van der Waals surface area contributed by atoms with E-state index in [0.29, 0.717) is 5.54 Å². The number of hydrogen-bond acceptors (Lipinski definition) is 2. The summed E-state index contributed by atoms with van der Waals surface area (Å²) in [7, 11) is 0. The molecule has 0 aromatic rings. The van der Waals surface area contributed by atoms with Crippen LogP contribution in [0.15, 0.2) is 0 Å². The van der Waals surface area contributed by atoms with E-state index >= 15 is 0 Å². The number of ether oxygens (including phenoxy) is 1. The van der Waals surface area contributed by atoms with Crippen LogP contribution >= 0.6 is 0 Å². The van der Waals surface area contributed by atoms with Gasteiger partial charge in [-0.25, -0.2) is 0 Å².